The number of fused-ring (bicyclic) bond motifs is 2. The fourth-order valence-electron chi connectivity index (χ4n) is 5.29. The molecule has 1 aromatic rings. The number of carbonyl (C=O) groups is 4. The van der Waals surface area contributed by atoms with E-state index in [4.69, 9.17) is 0 Å². The summed E-state index contributed by atoms with van der Waals surface area (Å²) in [5.41, 5.74) is 1.09. The largest absolute Gasteiger partial charge is 0.285 e. The van der Waals surface area contributed by atoms with Gasteiger partial charge in [0.25, 0.3) is 11.6 Å². The predicted octanol–water partition coefficient (Wildman–Crippen LogP) is 1.56. The maximum absolute atomic E-state index is 13.0. The van der Waals surface area contributed by atoms with Gasteiger partial charge in [-0.1, -0.05) is 32.9 Å². The van der Waals surface area contributed by atoms with Gasteiger partial charge in [-0.15, -0.1) is 0 Å². The van der Waals surface area contributed by atoms with Crippen molar-refractivity contribution in [2.24, 2.45) is 16.2 Å². The van der Waals surface area contributed by atoms with Crippen molar-refractivity contribution in [3.63, 3.8) is 0 Å². The van der Waals surface area contributed by atoms with Crippen molar-refractivity contribution in [2.45, 2.75) is 40.0 Å². The van der Waals surface area contributed by atoms with E-state index in [2.05, 4.69) is 10.9 Å². The third-order valence-corrected chi connectivity index (χ3v) is 6.17. The number of benzene rings is 1. The molecule has 1 aromatic carbocycles. The van der Waals surface area contributed by atoms with Crippen molar-refractivity contribution in [1.82, 2.24) is 15.8 Å². The summed E-state index contributed by atoms with van der Waals surface area (Å²) in [6.45, 7) is 5.14. The number of nitrogens with one attached hydrogen (secondary N) is 2. The van der Waals surface area contributed by atoms with Gasteiger partial charge in [-0.2, -0.15) is 0 Å². The van der Waals surface area contributed by atoms with Crippen LogP contribution in [-0.4, -0.2) is 40.5 Å². The summed E-state index contributed by atoms with van der Waals surface area (Å²) >= 11 is 0. The second-order valence-electron chi connectivity index (χ2n) is 9.06. The summed E-state index contributed by atoms with van der Waals surface area (Å²) in [5.74, 6) is -2.04. The second-order valence-corrected chi connectivity index (χ2v) is 9.06. The number of amides is 4. The zero-order valence-corrected chi connectivity index (χ0v) is 17.3. The smallest absolute Gasteiger partial charge is 0.282 e. The first-order valence-electron chi connectivity index (χ1n) is 9.50. The number of nitro benzene ring substituents is 1. The highest BCUT2D eigenvalue weighted by Crippen LogP contribution is 2.58. The van der Waals surface area contributed by atoms with E-state index < -0.39 is 33.0 Å². The molecule has 0 spiro atoms. The van der Waals surface area contributed by atoms with Crippen LogP contribution in [0.4, 0.5) is 5.69 Å². The minimum atomic E-state index is -1.09. The lowest BCUT2D eigenvalue weighted by atomic mass is 9.51. The summed E-state index contributed by atoms with van der Waals surface area (Å²) < 4.78 is 0. The number of hydrogen-bond donors (Lipinski definition) is 2. The topological polar surface area (TPSA) is 139 Å². The van der Waals surface area contributed by atoms with Crippen molar-refractivity contribution in [3.05, 3.63) is 39.9 Å². The lowest BCUT2D eigenvalue weighted by Crippen LogP contribution is -2.64. The van der Waals surface area contributed by atoms with Crippen molar-refractivity contribution >= 4 is 29.3 Å². The van der Waals surface area contributed by atoms with Crippen LogP contribution in [0.1, 0.15) is 50.4 Å². The minimum absolute atomic E-state index is 0.195. The molecule has 1 saturated heterocycles. The van der Waals surface area contributed by atoms with Gasteiger partial charge < -0.3 is 0 Å². The summed E-state index contributed by atoms with van der Waals surface area (Å²) in [7, 11) is 1.45. The number of likely N-dealkylation sites (tertiary alicyclic amines) is 1. The fraction of sp³-hybridized carbons (Fsp3) is 0.500. The number of hydrogen-bond acceptors (Lipinski definition) is 6. The molecule has 1 saturated carbocycles. The minimum Gasteiger partial charge on any atom is -0.285 e. The van der Waals surface area contributed by atoms with Gasteiger partial charge in [0.1, 0.15) is 5.56 Å². The Morgan fingerprint density at radius 2 is 1.53 bits per heavy atom. The van der Waals surface area contributed by atoms with Crippen LogP contribution in [0.3, 0.4) is 0 Å². The highest BCUT2D eigenvalue weighted by Gasteiger charge is 2.62. The monoisotopic (exact) mass is 416 g/mol. The number of rotatable bonds is 3. The van der Waals surface area contributed by atoms with Gasteiger partial charge in [0.05, 0.1) is 10.3 Å². The van der Waals surface area contributed by atoms with Gasteiger partial charge in [0.2, 0.25) is 17.7 Å². The van der Waals surface area contributed by atoms with E-state index >= 15 is 0 Å². The zero-order chi connectivity index (χ0) is 22.5. The highest BCUT2D eigenvalue weighted by molar-refractivity contribution is 6.04. The Kier molecular flexibility index (Phi) is 4.92. The number of imide groups is 1. The molecule has 2 atom stereocenters. The van der Waals surface area contributed by atoms with E-state index in [9.17, 15) is 29.3 Å². The van der Waals surface area contributed by atoms with Crippen molar-refractivity contribution in [3.8, 4) is 0 Å². The molecule has 2 fully saturated rings. The second kappa shape index (κ2) is 6.89. The van der Waals surface area contributed by atoms with Crippen LogP contribution >= 0.6 is 0 Å². The third kappa shape index (κ3) is 3.31. The normalized spacial score (nSPS) is 30.6. The number of piperidine rings is 1. The molecule has 3 rings (SSSR count). The first-order valence-corrected chi connectivity index (χ1v) is 9.50. The molecular weight excluding hydrogens is 392 g/mol. The Morgan fingerprint density at radius 1 is 1.00 bits per heavy atom. The lowest BCUT2D eigenvalue weighted by molar-refractivity contribution is -0.385. The Labute approximate surface area is 173 Å². The van der Waals surface area contributed by atoms with Crippen LogP contribution in [0.2, 0.25) is 0 Å². The molecule has 2 aliphatic rings. The van der Waals surface area contributed by atoms with Gasteiger partial charge in [-0.25, -0.2) is 0 Å². The number of nitro groups is 1. The van der Waals surface area contributed by atoms with Gasteiger partial charge in [-0.3, -0.25) is 45.0 Å². The first-order chi connectivity index (χ1) is 13.8. The zero-order valence-electron chi connectivity index (χ0n) is 17.3. The molecule has 4 amide bonds. The van der Waals surface area contributed by atoms with Crippen LogP contribution in [0.25, 0.3) is 0 Å². The van der Waals surface area contributed by atoms with Gasteiger partial charge in [0, 0.05) is 23.9 Å². The molecule has 1 aliphatic carbocycles. The molecule has 2 N–H and O–H groups in total. The summed E-state index contributed by atoms with van der Waals surface area (Å²) in [4.78, 5) is 62.4. The van der Waals surface area contributed by atoms with E-state index in [-0.39, 0.29) is 35.9 Å². The van der Waals surface area contributed by atoms with E-state index in [0.29, 0.717) is 6.42 Å². The molecule has 10 heteroatoms. The van der Waals surface area contributed by atoms with Crippen LogP contribution in [-0.2, 0) is 14.4 Å². The summed E-state index contributed by atoms with van der Waals surface area (Å²) in [6.07, 6.45) is 0.770. The molecule has 30 heavy (non-hydrogen) atoms. The molecule has 2 bridgehead atoms. The van der Waals surface area contributed by atoms with Crippen molar-refractivity contribution in [2.75, 3.05) is 7.05 Å². The van der Waals surface area contributed by atoms with Crippen LogP contribution in [0, 0.1) is 26.4 Å². The predicted molar refractivity (Wildman–Crippen MR) is 105 cm³/mol. The Balaban J connectivity index is 1.79. The molecule has 1 heterocycles. The lowest BCUT2D eigenvalue weighted by Gasteiger charge is -2.55. The highest BCUT2D eigenvalue weighted by atomic mass is 16.6. The summed E-state index contributed by atoms with van der Waals surface area (Å²) in [5, 5.41) is 11.1. The molecule has 0 aromatic heterocycles. The molecule has 10 nitrogen and oxygen atoms in total. The molecule has 160 valence electrons. The van der Waals surface area contributed by atoms with Crippen LogP contribution in [0.15, 0.2) is 24.3 Å². The number of para-hydroxylation sites is 1. The number of hydrazine groups is 1. The molecule has 1 aliphatic heterocycles. The van der Waals surface area contributed by atoms with E-state index in [0.717, 1.165) is 4.90 Å². The quantitative estimate of drug-likeness (QED) is 0.435. The standard InChI is InChI=1S/C20H24N4O6/c1-18(9-19(2)11-20(3,10-18)17(28)23(4)16(19)27)15(26)22-21-14(25)12-7-5-6-8-13(12)24(29)30/h5-8H,9-11H2,1-4H3,(H,21,25)(H,22,26). The molecule has 2 unspecified atom stereocenters. The Bertz CT molecular complexity index is 946. The van der Waals surface area contributed by atoms with E-state index in [1.165, 1.54) is 31.3 Å². The van der Waals surface area contributed by atoms with E-state index in [1.807, 2.05) is 0 Å². The Hall–Kier alpha value is -3.30. The maximum atomic E-state index is 13.0. The SMILES string of the molecule is CN1C(=O)C2(C)CC(C)(C(=O)NNC(=O)c3ccccc3[N+](=O)[O-])CC(C)(C2)C1=O. The van der Waals surface area contributed by atoms with Gasteiger partial charge in [-0.05, 0) is 25.3 Å². The van der Waals surface area contributed by atoms with Crippen molar-refractivity contribution < 1.29 is 24.1 Å². The number of carbonyl (C=O) groups excluding carboxylic acids is 4. The fourth-order valence-corrected chi connectivity index (χ4v) is 5.29. The number of nitrogens with zero attached hydrogens (tertiary/aromatic N) is 2. The van der Waals surface area contributed by atoms with Gasteiger partial charge in [0.15, 0.2) is 0 Å². The van der Waals surface area contributed by atoms with Crippen LogP contribution in [0.5, 0.6) is 0 Å². The van der Waals surface area contributed by atoms with Crippen molar-refractivity contribution in [1.29, 1.82) is 0 Å². The van der Waals surface area contributed by atoms with E-state index in [1.54, 1.807) is 20.8 Å². The average molecular weight is 416 g/mol. The molecular formula is C20H24N4O6. The van der Waals surface area contributed by atoms with Gasteiger partial charge >= 0.3 is 0 Å². The van der Waals surface area contributed by atoms with Crippen LogP contribution < -0.4 is 10.9 Å². The average Bonchev–Trinajstić information content (AvgIpc) is 2.68. The third-order valence-electron chi connectivity index (χ3n) is 6.17. The Morgan fingerprint density at radius 3 is 2.07 bits per heavy atom. The molecule has 0 radical (unpaired) electrons. The maximum Gasteiger partial charge on any atom is 0.282 e. The first kappa shape index (κ1) is 21.4. The summed E-state index contributed by atoms with van der Waals surface area (Å²) in [6, 6.07) is 5.38.